The molecule has 1 aliphatic heterocycles. The topological polar surface area (TPSA) is 89.7 Å². The summed E-state index contributed by atoms with van der Waals surface area (Å²) in [7, 11) is 0. The summed E-state index contributed by atoms with van der Waals surface area (Å²) in [6, 6.07) is 2.22. The molecule has 0 saturated carbocycles. The van der Waals surface area contributed by atoms with E-state index >= 15 is 0 Å². The number of halogens is 1. The molecule has 7 heteroatoms. The summed E-state index contributed by atoms with van der Waals surface area (Å²) in [4.78, 5) is 22.5. The van der Waals surface area contributed by atoms with Gasteiger partial charge in [0.25, 0.3) is 5.69 Å². The van der Waals surface area contributed by atoms with Crippen molar-refractivity contribution in [3.05, 3.63) is 32.8 Å². The van der Waals surface area contributed by atoms with Gasteiger partial charge in [-0.25, -0.2) is 0 Å². The number of phenols is 1. The van der Waals surface area contributed by atoms with E-state index in [1.54, 1.807) is 0 Å². The number of phenolic OH excluding ortho intramolecular Hbond substituents is 1. The molecular weight excluding hydrogens is 286 g/mol. The number of Topliss-reactive ketones (excluding diaryl/α,β-unsaturated/α-hetero) is 1. The molecule has 0 aliphatic carbocycles. The van der Waals surface area contributed by atoms with Gasteiger partial charge in [-0.1, -0.05) is 11.6 Å². The van der Waals surface area contributed by atoms with Crippen molar-refractivity contribution in [2.24, 2.45) is 5.92 Å². The largest absolute Gasteiger partial charge is 0.508 e. The monoisotopic (exact) mass is 299 g/mol. The second-order valence-electron chi connectivity index (χ2n) is 4.71. The maximum absolute atomic E-state index is 12.2. The number of nitro groups is 1. The summed E-state index contributed by atoms with van der Waals surface area (Å²) in [5.74, 6) is -0.513. The van der Waals surface area contributed by atoms with E-state index in [1.807, 2.05) is 0 Å². The van der Waals surface area contributed by atoms with Gasteiger partial charge in [0.2, 0.25) is 0 Å². The van der Waals surface area contributed by atoms with Crippen molar-refractivity contribution in [2.45, 2.75) is 19.3 Å². The van der Waals surface area contributed by atoms with E-state index in [-0.39, 0.29) is 40.1 Å². The van der Waals surface area contributed by atoms with Gasteiger partial charge in [-0.3, -0.25) is 14.9 Å². The number of rotatable bonds is 4. The highest BCUT2D eigenvalue weighted by Gasteiger charge is 2.26. The normalized spacial score (nSPS) is 16.1. The Labute approximate surface area is 120 Å². The van der Waals surface area contributed by atoms with Crippen molar-refractivity contribution in [3.63, 3.8) is 0 Å². The fraction of sp³-hybridized carbons (Fsp3) is 0.462. The van der Waals surface area contributed by atoms with Crippen molar-refractivity contribution in [3.8, 4) is 5.75 Å². The minimum atomic E-state index is -0.641. The maximum Gasteiger partial charge on any atom is 0.278 e. The average molecular weight is 300 g/mol. The number of hydrogen-bond donors (Lipinski definition) is 1. The molecule has 1 N–H and O–H groups in total. The maximum atomic E-state index is 12.2. The summed E-state index contributed by atoms with van der Waals surface area (Å²) >= 11 is 5.92. The SMILES string of the molecule is O=C(Cc1c(Cl)cc(O)cc1[N+](=O)[O-])C1CCOCC1. The quantitative estimate of drug-likeness (QED) is 0.681. The van der Waals surface area contributed by atoms with Gasteiger partial charge in [0, 0.05) is 25.6 Å². The molecule has 6 nitrogen and oxygen atoms in total. The van der Waals surface area contributed by atoms with Crippen molar-refractivity contribution in [2.75, 3.05) is 13.2 Å². The van der Waals surface area contributed by atoms with Gasteiger partial charge in [-0.2, -0.15) is 0 Å². The van der Waals surface area contributed by atoms with Crippen LogP contribution in [0.3, 0.4) is 0 Å². The molecule has 0 spiro atoms. The fourth-order valence-electron chi connectivity index (χ4n) is 2.28. The molecule has 0 radical (unpaired) electrons. The van der Waals surface area contributed by atoms with Crippen LogP contribution in [-0.4, -0.2) is 29.0 Å². The van der Waals surface area contributed by atoms with Gasteiger partial charge >= 0.3 is 0 Å². The first-order valence-electron chi connectivity index (χ1n) is 6.25. The molecule has 0 unspecified atom stereocenters. The third-order valence-electron chi connectivity index (χ3n) is 3.38. The van der Waals surface area contributed by atoms with E-state index in [9.17, 15) is 20.0 Å². The molecule has 1 saturated heterocycles. The molecule has 0 amide bonds. The third-order valence-corrected chi connectivity index (χ3v) is 3.72. The minimum Gasteiger partial charge on any atom is -0.508 e. The standard InChI is InChI=1S/C13H14ClNO5/c14-11-5-9(16)6-12(15(18)19)10(11)7-13(17)8-1-3-20-4-2-8/h5-6,8,16H,1-4,7H2. The molecule has 1 heterocycles. The predicted octanol–water partition coefficient (Wildman–Crippen LogP) is 2.49. The van der Waals surface area contributed by atoms with E-state index < -0.39 is 4.92 Å². The van der Waals surface area contributed by atoms with Crippen LogP contribution in [0.25, 0.3) is 0 Å². The Kier molecular flexibility index (Phi) is 4.57. The van der Waals surface area contributed by atoms with E-state index in [4.69, 9.17) is 16.3 Å². The molecule has 0 atom stereocenters. The lowest BCUT2D eigenvalue weighted by atomic mass is 9.91. The number of nitro benzene ring substituents is 1. The lowest BCUT2D eigenvalue weighted by Crippen LogP contribution is -2.25. The first kappa shape index (κ1) is 14.7. The van der Waals surface area contributed by atoms with Gasteiger partial charge < -0.3 is 9.84 Å². The number of aromatic hydroxyl groups is 1. The third kappa shape index (κ3) is 3.26. The van der Waals surface area contributed by atoms with Crippen molar-refractivity contribution in [1.82, 2.24) is 0 Å². The fourth-order valence-corrected chi connectivity index (χ4v) is 2.56. The van der Waals surface area contributed by atoms with Crippen LogP contribution in [0.4, 0.5) is 5.69 Å². The number of nitrogens with zero attached hydrogens (tertiary/aromatic N) is 1. The molecule has 0 bridgehead atoms. The molecule has 1 aromatic carbocycles. The molecular formula is C13H14ClNO5. The molecule has 108 valence electrons. The smallest absolute Gasteiger partial charge is 0.278 e. The molecule has 0 aromatic heterocycles. The average Bonchev–Trinajstić information content (AvgIpc) is 2.42. The van der Waals surface area contributed by atoms with Crippen molar-refractivity contribution < 1.29 is 19.6 Å². The van der Waals surface area contributed by atoms with Gasteiger partial charge in [0.15, 0.2) is 0 Å². The van der Waals surface area contributed by atoms with Crippen LogP contribution in [0.2, 0.25) is 5.02 Å². The van der Waals surface area contributed by atoms with Gasteiger partial charge in [0.1, 0.15) is 11.5 Å². The zero-order chi connectivity index (χ0) is 14.7. The number of hydrogen-bond acceptors (Lipinski definition) is 5. The summed E-state index contributed by atoms with van der Waals surface area (Å²) in [6.45, 7) is 1.06. The Hall–Kier alpha value is -1.66. The highest BCUT2D eigenvalue weighted by atomic mass is 35.5. The second kappa shape index (κ2) is 6.19. The van der Waals surface area contributed by atoms with Crippen LogP contribution in [0, 0.1) is 16.0 Å². The first-order chi connectivity index (χ1) is 9.49. The predicted molar refractivity (Wildman–Crippen MR) is 72.0 cm³/mol. The molecule has 1 fully saturated rings. The number of benzene rings is 1. The van der Waals surface area contributed by atoms with Crippen LogP contribution in [0.5, 0.6) is 5.75 Å². The van der Waals surface area contributed by atoms with Crippen molar-refractivity contribution >= 4 is 23.1 Å². The first-order valence-corrected chi connectivity index (χ1v) is 6.63. The summed E-state index contributed by atoms with van der Waals surface area (Å²) in [5.41, 5.74) is -0.165. The minimum absolute atomic E-state index is 0.0390. The summed E-state index contributed by atoms with van der Waals surface area (Å²) < 4.78 is 5.18. The van der Waals surface area contributed by atoms with E-state index in [0.29, 0.717) is 26.1 Å². The number of carbonyl (C=O) groups excluding carboxylic acids is 1. The van der Waals surface area contributed by atoms with Crippen LogP contribution >= 0.6 is 11.6 Å². The molecule has 1 aromatic rings. The Bertz CT molecular complexity index is 540. The number of ketones is 1. The van der Waals surface area contributed by atoms with E-state index in [0.717, 1.165) is 6.07 Å². The Morgan fingerprint density at radius 2 is 2.10 bits per heavy atom. The zero-order valence-corrected chi connectivity index (χ0v) is 11.4. The van der Waals surface area contributed by atoms with Gasteiger partial charge in [-0.05, 0) is 18.9 Å². The highest BCUT2D eigenvalue weighted by molar-refractivity contribution is 6.32. The number of carbonyl (C=O) groups is 1. The zero-order valence-electron chi connectivity index (χ0n) is 10.7. The number of ether oxygens (including phenoxy) is 1. The van der Waals surface area contributed by atoms with Gasteiger partial charge in [-0.15, -0.1) is 0 Å². The van der Waals surface area contributed by atoms with Gasteiger partial charge in [0.05, 0.1) is 21.6 Å². The van der Waals surface area contributed by atoms with Crippen LogP contribution in [-0.2, 0) is 16.0 Å². The molecule has 2 rings (SSSR count). The van der Waals surface area contributed by atoms with Crippen LogP contribution in [0.1, 0.15) is 18.4 Å². The second-order valence-corrected chi connectivity index (χ2v) is 5.12. The van der Waals surface area contributed by atoms with E-state index in [2.05, 4.69) is 0 Å². The van der Waals surface area contributed by atoms with Crippen LogP contribution < -0.4 is 0 Å². The summed E-state index contributed by atoms with van der Waals surface area (Å²) in [6.07, 6.45) is 1.16. The lowest BCUT2D eigenvalue weighted by molar-refractivity contribution is -0.385. The Morgan fingerprint density at radius 3 is 2.70 bits per heavy atom. The Morgan fingerprint density at radius 1 is 1.45 bits per heavy atom. The Balaban J connectivity index is 2.23. The van der Waals surface area contributed by atoms with Crippen molar-refractivity contribution in [1.29, 1.82) is 0 Å². The van der Waals surface area contributed by atoms with Crippen LogP contribution in [0.15, 0.2) is 12.1 Å². The lowest BCUT2D eigenvalue weighted by Gasteiger charge is -2.20. The van der Waals surface area contributed by atoms with E-state index in [1.165, 1.54) is 6.07 Å². The highest BCUT2D eigenvalue weighted by Crippen LogP contribution is 2.33. The molecule has 20 heavy (non-hydrogen) atoms. The molecule has 1 aliphatic rings. The summed E-state index contributed by atoms with van der Waals surface area (Å²) in [5, 5.41) is 20.4.